The van der Waals surface area contributed by atoms with Gasteiger partial charge in [0.15, 0.2) is 0 Å². The molecule has 6 heteroatoms. The summed E-state index contributed by atoms with van der Waals surface area (Å²) in [5.41, 5.74) is -0.256. The maximum Gasteiger partial charge on any atom is 0.319 e. The molecule has 1 unspecified atom stereocenters. The van der Waals surface area contributed by atoms with Crippen LogP contribution in [0.1, 0.15) is 39.1 Å². The fraction of sp³-hybridized carbons (Fsp3) is 0.727. The molecule has 0 aliphatic carbocycles. The van der Waals surface area contributed by atoms with E-state index in [1.54, 1.807) is 0 Å². The van der Waals surface area contributed by atoms with Crippen molar-refractivity contribution in [2.45, 2.75) is 45.3 Å². The van der Waals surface area contributed by atoms with Gasteiger partial charge in [0, 0.05) is 24.5 Å². The number of aliphatic hydroxyl groups excluding tert-OH is 1. The summed E-state index contributed by atoms with van der Waals surface area (Å²) in [5.74, 6) is 0.303. The van der Waals surface area contributed by atoms with Crippen LogP contribution in [0.4, 0.5) is 8.78 Å². The number of alkyl halides is 2. The van der Waals surface area contributed by atoms with Crippen LogP contribution in [0.15, 0.2) is 12.4 Å². The Morgan fingerprint density at radius 2 is 2.29 bits per heavy atom. The van der Waals surface area contributed by atoms with Crippen molar-refractivity contribution in [3.05, 3.63) is 18.2 Å². The number of aliphatic hydroxyl groups is 1. The van der Waals surface area contributed by atoms with Crippen molar-refractivity contribution in [1.29, 1.82) is 0 Å². The standard InChI is InChI=1S/C11H19F2N3O/c1-3-11(2,4-7-17)15-8-9-14-5-6-16(9)10(12)13/h5-6,10,15,17H,3-4,7-8H2,1-2H3. The highest BCUT2D eigenvalue weighted by Crippen LogP contribution is 2.16. The number of halogens is 2. The van der Waals surface area contributed by atoms with Crippen molar-refractivity contribution in [3.63, 3.8) is 0 Å². The molecule has 1 atom stereocenters. The van der Waals surface area contributed by atoms with Crippen LogP contribution in [0, 0.1) is 0 Å². The van der Waals surface area contributed by atoms with Gasteiger partial charge in [-0.1, -0.05) is 6.92 Å². The van der Waals surface area contributed by atoms with E-state index in [1.165, 1.54) is 12.4 Å². The van der Waals surface area contributed by atoms with Crippen molar-refractivity contribution in [2.24, 2.45) is 0 Å². The van der Waals surface area contributed by atoms with Gasteiger partial charge in [-0.05, 0) is 19.8 Å². The third-order valence-corrected chi connectivity index (χ3v) is 3.08. The Labute approximate surface area is 99.7 Å². The molecule has 0 bridgehead atoms. The summed E-state index contributed by atoms with van der Waals surface area (Å²) in [6.07, 6.45) is 4.01. The molecule has 1 aromatic heterocycles. The summed E-state index contributed by atoms with van der Waals surface area (Å²) in [7, 11) is 0. The maximum absolute atomic E-state index is 12.6. The van der Waals surface area contributed by atoms with Crippen molar-refractivity contribution < 1.29 is 13.9 Å². The molecule has 1 heterocycles. The molecular weight excluding hydrogens is 228 g/mol. The molecule has 0 aliphatic rings. The highest BCUT2D eigenvalue weighted by Gasteiger charge is 2.21. The van der Waals surface area contributed by atoms with E-state index in [1.807, 2.05) is 13.8 Å². The molecule has 1 aromatic rings. The highest BCUT2D eigenvalue weighted by molar-refractivity contribution is 4.94. The van der Waals surface area contributed by atoms with Crippen molar-refractivity contribution in [3.8, 4) is 0 Å². The average Bonchev–Trinajstić information content (AvgIpc) is 2.75. The van der Waals surface area contributed by atoms with E-state index in [9.17, 15) is 8.78 Å². The van der Waals surface area contributed by atoms with Crippen molar-refractivity contribution in [1.82, 2.24) is 14.9 Å². The predicted molar refractivity (Wildman–Crippen MR) is 60.7 cm³/mol. The van der Waals surface area contributed by atoms with Gasteiger partial charge in [-0.15, -0.1) is 0 Å². The largest absolute Gasteiger partial charge is 0.396 e. The van der Waals surface area contributed by atoms with E-state index in [-0.39, 0.29) is 18.7 Å². The summed E-state index contributed by atoms with van der Waals surface area (Å²) in [5, 5.41) is 12.1. The SMILES string of the molecule is CCC(C)(CCO)NCc1nccn1C(F)F. The first-order valence-corrected chi connectivity index (χ1v) is 5.68. The lowest BCUT2D eigenvalue weighted by Gasteiger charge is -2.29. The molecule has 0 saturated carbocycles. The number of imidazole rings is 1. The maximum atomic E-state index is 12.6. The molecule has 2 N–H and O–H groups in total. The normalized spacial score (nSPS) is 15.2. The second-order valence-corrected chi connectivity index (χ2v) is 4.27. The molecule has 98 valence electrons. The summed E-state index contributed by atoms with van der Waals surface area (Å²) >= 11 is 0. The Morgan fingerprint density at radius 3 is 2.82 bits per heavy atom. The smallest absolute Gasteiger partial charge is 0.319 e. The van der Waals surface area contributed by atoms with Gasteiger partial charge >= 0.3 is 6.55 Å². The average molecular weight is 247 g/mol. The second-order valence-electron chi connectivity index (χ2n) is 4.27. The third kappa shape index (κ3) is 3.74. The first-order valence-electron chi connectivity index (χ1n) is 5.68. The van der Waals surface area contributed by atoms with E-state index < -0.39 is 6.55 Å². The zero-order valence-corrected chi connectivity index (χ0v) is 10.2. The Balaban J connectivity index is 2.62. The Kier molecular flexibility index (Phi) is 5.02. The molecule has 0 fully saturated rings. The zero-order valence-electron chi connectivity index (χ0n) is 10.2. The quantitative estimate of drug-likeness (QED) is 0.774. The Morgan fingerprint density at radius 1 is 1.59 bits per heavy atom. The van der Waals surface area contributed by atoms with E-state index >= 15 is 0 Å². The highest BCUT2D eigenvalue weighted by atomic mass is 19.3. The number of hydrogen-bond donors (Lipinski definition) is 2. The van der Waals surface area contributed by atoms with Gasteiger partial charge in [0.25, 0.3) is 0 Å². The molecule has 0 amide bonds. The van der Waals surface area contributed by atoms with Gasteiger partial charge in [-0.2, -0.15) is 8.78 Å². The second kappa shape index (κ2) is 6.07. The molecule has 0 aromatic carbocycles. The molecule has 4 nitrogen and oxygen atoms in total. The van der Waals surface area contributed by atoms with Crippen LogP contribution in [0.25, 0.3) is 0 Å². The van der Waals surface area contributed by atoms with E-state index in [0.29, 0.717) is 12.2 Å². The molecule has 0 radical (unpaired) electrons. The fourth-order valence-corrected chi connectivity index (χ4v) is 1.59. The molecule has 0 saturated heterocycles. The topological polar surface area (TPSA) is 50.1 Å². The van der Waals surface area contributed by atoms with Crippen LogP contribution in [0.2, 0.25) is 0 Å². The Bertz CT molecular complexity index is 343. The van der Waals surface area contributed by atoms with Gasteiger partial charge < -0.3 is 10.4 Å². The monoisotopic (exact) mass is 247 g/mol. The lowest BCUT2D eigenvalue weighted by Crippen LogP contribution is -2.42. The first-order chi connectivity index (χ1) is 8.02. The third-order valence-electron chi connectivity index (χ3n) is 3.08. The van der Waals surface area contributed by atoms with E-state index in [2.05, 4.69) is 10.3 Å². The predicted octanol–water partition coefficient (Wildman–Crippen LogP) is 1.92. The molecule has 17 heavy (non-hydrogen) atoms. The minimum absolute atomic E-state index is 0.0701. The lowest BCUT2D eigenvalue weighted by atomic mass is 9.95. The molecular formula is C11H19F2N3O. The number of hydrogen-bond acceptors (Lipinski definition) is 3. The van der Waals surface area contributed by atoms with Gasteiger partial charge in [0.2, 0.25) is 0 Å². The first kappa shape index (κ1) is 14.1. The van der Waals surface area contributed by atoms with Gasteiger partial charge in [0.1, 0.15) is 5.82 Å². The molecule has 0 spiro atoms. The molecule has 1 rings (SSSR count). The van der Waals surface area contributed by atoms with Crippen molar-refractivity contribution in [2.75, 3.05) is 6.61 Å². The van der Waals surface area contributed by atoms with Crippen LogP contribution in [-0.4, -0.2) is 26.8 Å². The summed E-state index contributed by atoms with van der Waals surface area (Å²) in [6.45, 7) is 1.71. The minimum atomic E-state index is -2.57. The van der Waals surface area contributed by atoms with Crippen LogP contribution in [0.5, 0.6) is 0 Å². The fourth-order valence-electron chi connectivity index (χ4n) is 1.59. The van der Waals surface area contributed by atoms with Crippen LogP contribution in [-0.2, 0) is 6.54 Å². The van der Waals surface area contributed by atoms with Gasteiger partial charge in [-0.25, -0.2) is 4.98 Å². The van der Waals surface area contributed by atoms with Crippen LogP contribution in [0.3, 0.4) is 0 Å². The van der Waals surface area contributed by atoms with Gasteiger partial charge in [0.05, 0.1) is 6.54 Å². The van der Waals surface area contributed by atoms with Crippen LogP contribution < -0.4 is 5.32 Å². The number of nitrogens with zero attached hydrogens (tertiary/aromatic N) is 2. The number of aromatic nitrogens is 2. The summed E-state index contributed by atoms with van der Waals surface area (Å²) in [6, 6.07) is 0. The van der Waals surface area contributed by atoms with Gasteiger partial charge in [-0.3, -0.25) is 4.57 Å². The number of rotatable bonds is 7. The molecule has 0 aliphatic heterocycles. The van der Waals surface area contributed by atoms with Crippen LogP contribution >= 0.6 is 0 Å². The lowest BCUT2D eigenvalue weighted by molar-refractivity contribution is 0.0659. The van der Waals surface area contributed by atoms with E-state index in [0.717, 1.165) is 11.0 Å². The summed E-state index contributed by atoms with van der Waals surface area (Å²) < 4.78 is 26.0. The zero-order chi connectivity index (χ0) is 12.9. The van der Waals surface area contributed by atoms with E-state index in [4.69, 9.17) is 5.11 Å². The Hall–Kier alpha value is -1.01. The minimum Gasteiger partial charge on any atom is -0.396 e. The summed E-state index contributed by atoms with van der Waals surface area (Å²) in [4.78, 5) is 3.89. The number of nitrogens with one attached hydrogen (secondary N) is 1. The van der Waals surface area contributed by atoms with Crippen molar-refractivity contribution >= 4 is 0 Å².